The third-order valence-electron chi connectivity index (χ3n) is 8.30. The van der Waals surface area contributed by atoms with Gasteiger partial charge in [-0.3, -0.25) is 9.80 Å². The van der Waals surface area contributed by atoms with Crippen molar-refractivity contribution in [2.75, 3.05) is 27.2 Å². The third-order valence-corrected chi connectivity index (χ3v) is 8.30. The molecule has 4 rings (SSSR count). The lowest BCUT2D eigenvalue weighted by molar-refractivity contribution is 0.0162. The number of rotatable bonds is 7. The normalized spacial score (nSPS) is 28.4. The predicted octanol–water partition coefficient (Wildman–Crippen LogP) is 4.78. The monoisotopic (exact) mass is 460 g/mol. The van der Waals surface area contributed by atoms with Crippen molar-refractivity contribution in [1.82, 2.24) is 14.7 Å². The predicted molar refractivity (Wildman–Crippen MR) is 136 cm³/mol. The van der Waals surface area contributed by atoms with Crippen LogP contribution < -0.4 is 0 Å². The number of nitriles is 1. The summed E-state index contributed by atoms with van der Waals surface area (Å²) in [5.41, 5.74) is 1.41. The highest BCUT2D eigenvalue weighted by Gasteiger charge is 2.55. The summed E-state index contributed by atoms with van der Waals surface area (Å²) in [5, 5.41) is 9.05. The molecule has 1 spiro atoms. The second kappa shape index (κ2) is 9.71. The second-order valence-electron chi connectivity index (χ2n) is 10.3. The molecule has 1 aromatic carbocycles. The molecule has 2 amide bonds. The maximum absolute atomic E-state index is 13.7. The highest BCUT2D eigenvalue weighted by atomic mass is 16.2. The first kappa shape index (κ1) is 24.2. The topological polar surface area (TPSA) is 75.3 Å². The summed E-state index contributed by atoms with van der Waals surface area (Å²) in [7, 11) is 4.34. The van der Waals surface area contributed by atoms with E-state index in [-0.39, 0.29) is 17.1 Å². The Balaban J connectivity index is 1.64. The van der Waals surface area contributed by atoms with Crippen LogP contribution in [0.15, 0.2) is 52.3 Å². The van der Waals surface area contributed by atoms with E-state index < -0.39 is 0 Å². The van der Waals surface area contributed by atoms with Gasteiger partial charge >= 0.3 is 6.03 Å². The summed E-state index contributed by atoms with van der Waals surface area (Å²) in [6, 6.07) is 12.8. The fourth-order valence-electron chi connectivity index (χ4n) is 5.86. The first-order valence-electron chi connectivity index (χ1n) is 12.3. The Kier molecular flexibility index (Phi) is 6.90. The number of amides is 2. The molecule has 0 N–H and O–H groups in total. The van der Waals surface area contributed by atoms with Crippen molar-refractivity contribution in [1.29, 1.82) is 5.26 Å². The van der Waals surface area contributed by atoms with Crippen LogP contribution in [0.4, 0.5) is 4.79 Å². The lowest BCUT2D eigenvalue weighted by Crippen LogP contribution is -2.56. The molecule has 7 heteroatoms. The van der Waals surface area contributed by atoms with Crippen LogP contribution in [0, 0.1) is 17.2 Å². The standard InChI is InChI=1S/C27H36N6O/c1-21(17-28)30-18-24(29-2)32-20-26(33(25(32)34)19-22-9-8-10-22)13-15-27(16-14-26,31(3)4)23-11-6-5-7-12-23/h5-7,11-12,18,22H,2,8-10,13-16,19-20H2,1,3-4H3/b24-18+,30-21+/t26-,27+. The highest BCUT2D eigenvalue weighted by molar-refractivity contribution is 5.96. The molecule has 0 aromatic heterocycles. The Bertz CT molecular complexity index is 1010. The zero-order chi connectivity index (χ0) is 24.3. The van der Waals surface area contributed by atoms with Crippen molar-refractivity contribution in [3.8, 4) is 6.07 Å². The SMILES string of the molecule is C=N/C(=C\N=C(/C)C#N)N1C[C@]2(CC[C@](c3ccccc3)(N(C)C)CC2)N(CC2CCC2)C1=O. The number of aliphatic imine (C=N–C) groups is 2. The van der Waals surface area contributed by atoms with Crippen LogP contribution in [0.3, 0.4) is 0 Å². The maximum atomic E-state index is 13.7. The van der Waals surface area contributed by atoms with Gasteiger partial charge in [0.15, 0.2) is 5.82 Å². The van der Waals surface area contributed by atoms with Crippen molar-refractivity contribution in [3.05, 3.63) is 47.9 Å². The first-order chi connectivity index (χ1) is 16.3. The van der Waals surface area contributed by atoms with Gasteiger partial charge in [0.25, 0.3) is 0 Å². The van der Waals surface area contributed by atoms with E-state index in [4.69, 9.17) is 5.26 Å². The third kappa shape index (κ3) is 4.27. The van der Waals surface area contributed by atoms with E-state index in [0.717, 1.165) is 32.2 Å². The average molecular weight is 461 g/mol. The summed E-state index contributed by atoms with van der Waals surface area (Å²) in [6.45, 7) is 6.72. The summed E-state index contributed by atoms with van der Waals surface area (Å²) < 4.78 is 0. The number of carbonyl (C=O) groups excluding carboxylic acids is 1. The molecule has 1 aromatic rings. The Hall–Kier alpha value is -2.98. The summed E-state index contributed by atoms with van der Waals surface area (Å²) >= 11 is 0. The van der Waals surface area contributed by atoms with Gasteiger partial charge in [-0.05, 0) is 77.7 Å². The van der Waals surface area contributed by atoms with E-state index in [9.17, 15) is 4.79 Å². The molecule has 0 radical (unpaired) electrons. The number of urea groups is 1. The van der Waals surface area contributed by atoms with Gasteiger partial charge in [0.05, 0.1) is 18.3 Å². The number of hydrogen-bond acceptors (Lipinski definition) is 5. The molecule has 7 nitrogen and oxygen atoms in total. The van der Waals surface area contributed by atoms with Crippen LogP contribution >= 0.6 is 0 Å². The Labute approximate surface area is 203 Å². The highest BCUT2D eigenvalue weighted by Crippen LogP contribution is 2.50. The molecular weight excluding hydrogens is 424 g/mol. The van der Waals surface area contributed by atoms with Crippen molar-refractivity contribution in [2.24, 2.45) is 15.9 Å². The quantitative estimate of drug-likeness (QED) is 0.550. The zero-order valence-electron chi connectivity index (χ0n) is 20.7. The molecule has 3 fully saturated rings. The number of hydrogen-bond donors (Lipinski definition) is 0. The van der Waals surface area contributed by atoms with Crippen LogP contribution in [-0.4, -0.2) is 65.9 Å². The Morgan fingerprint density at radius 2 is 1.91 bits per heavy atom. The molecule has 1 saturated heterocycles. The van der Waals surface area contributed by atoms with Crippen LogP contribution in [0.5, 0.6) is 0 Å². The average Bonchev–Trinajstić information content (AvgIpc) is 3.08. The summed E-state index contributed by atoms with van der Waals surface area (Å²) in [5.74, 6) is 1.00. The van der Waals surface area contributed by atoms with E-state index >= 15 is 0 Å². The molecular formula is C27H36N6O. The molecule has 2 saturated carbocycles. The lowest BCUT2D eigenvalue weighted by atomic mass is 9.68. The van der Waals surface area contributed by atoms with Gasteiger partial charge < -0.3 is 4.90 Å². The molecule has 2 aliphatic carbocycles. The van der Waals surface area contributed by atoms with E-state index in [1.165, 1.54) is 31.0 Å². The van der Waals surface area contributed by atoms with Crippen LogP contribution in [0.2, 0.25) is 0 Å². The number of carbonyl (C=O) groups is 1. The van der Waals surface area contributed by atoms with Gasteiger partial charge in [0.2, 0.25) is 0 Å². The molecule has 1 heterocycles. The molecule has 0 unspecified atom stereocenters. The minimum absolute atomic E-state index is 0.00701. The van der Waals surface area contributed by atoms with E-state index in [0.29, 0.717) is 24.0 Å². The summed E-state index contributed by atoms with van der Waals surface area (Å²) in [6.07, 6.45) is 8.97. The second-order valence-corrected chi connectivity index (χ2v) is 10.3. The molecule has 34 heavy (non-hydrogen) atoms. The lowest BCUT2D eigenvalue weighted by Gasteiger charge is -2.51. The van der Waals surface area contributed by atoms with Crippen molar-refractivity contribution >= 4 is 18.5 Å². The Morgan fingerprint density at radius 3 is 2.44 bits per heavy atom. The van der Waals surface area contributed by atoms with Gasteiger partial charge in [0, 0.05) is 12.1 Å². The van der Waals surface area contributed by atoms with Gasteiger partial charge in [-0.15, -0.1) is 0 Å². The van der Waals surface area contributed by atoms with E-state index in [2.05, 4.69) is 70.9 Å². The van der Waals surface area contributed by atoms with Gasteiger partial charge in [0.1, 0.15) is 11.8 Å². The van der Waals surface area contributed by atoms with Crippen LogP contribution in [0.1, 0.15) is 57.4 Å². The summed E-state index contributed by atoms with van der Waals surface area (Å²) in [4.78, 5) is 28.2. The smallest absolute Gasteiger partial charge is 0.317 e. The Morgan fingerprint density at radius 1 is 1.24 bits per heavy atom. The largest absolute Gasteiger partial charge is 0.326 e. The number of benzene rings is 1. The van der Waals surface area contributed by atoms with Crippen LogP contribution in [0.25, 0.3) is 0 Å². The minimum atomic E-state index is -0.223. The first-order valence-corrected chi connectivity index (χ1v) is 12.3. The van der Waals surface area contributed by atoms with E-state index in [1.54, 1.807) is 11.8 Å². The van der Waals surface area contributed by atoms with Crippen molar-refractivity contribution in [2.45, 2.75) is 62.9 Å². The maximum Gasteiger partial charge on any atom is 0.326 e. The van der Waals surface area contributed by atoms with Crippen molar-refractivity contribution < 1.29 is 4.79 Å². The number of nitrogens with zero attached hydrogens (tertiary/aromatic N) is 6. The molecule has 1 aliphatic heterocycles. The molecule has 0 atom stereocenters. The van der Waals surface area contributed by atoms with E-state index in [1.807, 2.05) is 6.07 Å². The molecule has 0 bridgehead atoms. The molecule has 3 aliphatic rings. The van der Waals surface area contributed by atoms with Gasteiger partial charge in [-0.2, -0.15) is 5.26 Å². The van der Waals surface area contributed by atoms with Gasteiger partial charge in [-0.1, -0.05) is 36.8 Å². The van der Waals surface area contributed by atoms with Gasteiger partial charge in [-0.25, -0.2) is 14.8 Å². The van der Waals surface area contributed by atoms with Crippen LogP contribution in [-0.2, 0) is 5.54 Å². The van der Waals surface area contributed by atoms with Crippen molar-refractivity contribution in [3.63, 3.8) is 0 Å². The molecule has 180 valence electrons. The fourth-order valence-corrected chi connectivity index (χ4v) is 5.86. The minimum Gasteiger partial charge on any atom is -0.317 e. The zero-order valence-corrected chi connectivity index (χ0v) is 20.7. The fraction of sp³-hybridized carbons (Fsp3) is 0.556.